The highest BCUT2D eigenvalue weighted by Gasteiger charge is 2.23. The average molecular weight is 349 g/mol. The summed E-state index contributed by atoms with van der Waals surface area (Å²) < 4.78 is 17.0. The van der Waals surface area contributed by atoms with Crippen LogP contribution >= 0.6 is 0 Å². The molecule has 1 aromatic carbocycles. The topological polar surface area (TPSA) is 27.7 Å². The standard InChI is InChI=1S/C22H36O3/c1-4-5-6-7-8-9-10-11-12-13-20-19-17-22(24-3)21(23-2)16-18(19)14-15-25-20/h16-17,20H,4-15H2,1-3H3. The number of fused-ring (bicyclic) bond motifs is 1. The molecule has 142 valence electrons. The van der Waals surface area contributed by atoms with E-state index >= 15 is 0 Å². The minimum Gasteiger partial charge on any atom is -0.493 e. The molecule has 1 heterocycles. The molecule has 0 fully saturated rings. The summed E-state index contributed by atoms with van der Waals surface area (Å²) in [6.07, 6.45) is 14.5. The zero-order valence-corrected chi connectivity index (χ0v) is 16.4. The van der Waals surface area contributed by atoms with Crippen LogP contribution < -0.4 is 9.47 Å². The molecule has 1 unspecified atom stereocenters. The molecular formula is C22H36O3. The largest absolute Gasteiger partial charge is 0.493 e. The van der Waals surface area contributed by atoms with Gasteiger partial charge in [-0.15, -0.1) is 0 Å². The van der Waals surface area contributed by atoms with Crippen LogP contribution in [0.25, 0.3) is 0 Å². The van der Waals surface area contributed by atoms with E-state index in [1.165, 1.54) is 68.9 Å². The van der Waals surface area contributed by atoms with Crippen molar-refractivity contribution in [3.63, 3.8) is 0 Å². The zero-order chi connectivity index (χ0) is 17.9. The number of benzene rings is 1. The summed E-state index contributed by atoms with van der Waals surface area (Å²) in [6.45, 7) is 3.09. The van der Waals surface area contributed by atoms with Crippen LogP contribution in [0.4, 0.5) is 0 Å². The Bertz CT molecular complexity index is 498. The Kier molecular flexibility index (Phi) is 9.17. The number of methoxy groups -OCH3 is 2. The first kappa shape index (κ1) is 20.1. The minimum absolute atomic E-state index is 0.216. The maximum Gasteiger partial charge on any atom is 0.161 e. The Morgan fingerprint density at radius 3 is 2.12 bits per heavy atom. The van der Waals surface area contributed by atoms with Gasteiger partial charge >= 0.3 is 0 Å². The lowest BCUT2D eigenvalue weighted by atomic mass is 9.93. The number of unbranched alkanes of at least 4 members (excludes halogenated alkanes) is 8. The summed E-state index contributed by atoms with van der Waals surface area (Å²) in [5, 5.41) is 0. The third kappa shape index (κ3) is 6.22. The fourth-order valence-electron chi connectivity index (χ4n) is 3.73. The first-order valence-corrected chi connectivity index (χ1v) is 10.2. The molecule has 0 N–H and O–H groups in total. The molecule has 25 heavy (non-hydrogen) atoms. The second-order valence-electron chi connectivity index (χ2n) is 7.13. The molecule has 0 saturated heterocycles. The van der Waals surface area contributed by atoms with E-state index in [1.807, 2.05) is 0 Å². The number of hydrogen-bond donors (Lipinski definition) is 0. The van der Waals surface area contributed by atoms with Gasteiger partial charge < -0.3 is 14.2 Å². The van der Waals surface area contributed by atoms with Crippen molar-refractivity contribution in [1.29, 1.82) is 0 Å². The molecule has 0 saturated carbocycles. The summed E-state index contributed by atoms with van der Waals surface area (Å²) in [6, 6.07) is 4.24. The molecule has 1 atom stereocenters. The zero-order valence-electron chi connectivity index (χ0n) is 16.4. The fourth-order valence-corrected chi connectivity index (χ4v) is 3.73. The minimum atomic E-state index is 0.216. The van der Waals surface area contributed by atoms with Crippen LogP contribution in [0.2, 0.25) is 0 Å². The van der Waals surface area contributed by atoms with Gasteiger partial charge in [-0.05, 0) is 36.1 Å². The van der Waals surface area contributed by atoms with Crippen LogP contribution in [-0.2, 0) is 11.2 Å². The smallest absolute Gasteiger partial charge is 0.161 e. The van der Waals surface area contributed by atoms with Crippen molar-refractivity contribution in [2.24, 2.45) is 0 Å². The fraction of sp³-hybridized carbons (Fsp3) is 0.727. The van der Waals surface area contributed by atoms with Gasteiger partial charge in [0, 0.05) is 0 Å². The van der Waals surface area contributed by atoms with Gasteiger partial charge in [0.05, 0.1) is 26.9 Å². The van der Waals surface area contributed by atoms with E-state index in [9.17, 15) is 0 Å². The summed E-state index contributed by atoms with van der Waals surface area (Å²) >= 11 is 0. The van der Waals surface area contributed by atoms with Crippen molar-refractivity contribution >= 4 is 0 Å². The van der Waals surface area contributed by atoms with E-state index in [-0.39, 0.29) is 6.10 Å². The van der Waals surface area contributed by atoms with Gasteiger partial charge in [0.25, 0.3) is 0 Å². The molecular weight excluding hydrogens is 312 g/mol. The van der Waals surface area contributed by atoms with E-state index in [4.69, 9.17) is 14.2 Å². The van der Waals surface area contributed by atoms with Crippen LogP contribution in [0.15, 0.2) is 12.1 Å². The van der Waals surface area contributed by atoms with Gasteiger partial charge in [-0.1, -0.05) is 64.7 Å². The Labute approximate surface area is 154 Å². The SMILES string of the molecule is CCCCCCCCCCCC1OCCc2cc(OC)c(OC)cc21. The lowest BCUT2D eigenvalue weighted by molar-refractivity contribution is 0.0345. The molecule has 1 aromatic rings. The molecule has 1 aliphatic heterocycles. The molecule has 3 heteroatoms. The van der Waals surface area contributed by atoms with Crippen LogP contribution in [0.1, 0.15) is 88.4 Å². The summed E-state index contributed by atoms with van der Waals surface area (Å²) in [7, 11) is 3.40. The van der Waals surface area contributed by atoms with Crippen LogP contribution in [0.3, 0.4) is 0 Å². The van der Waals surface area contributed by atoms with Crippen molar-refractivity contribution in [3.8, 4) is 11.5 Å². The Morgan fingerprint density at radius 2 is 1.48 bits per heavy atom. The maximum absolute atomic E-state index is 6.05. The Hall–Kier alpha value is -1.22. The highest BCUT2D eigenvalue weighted by molar-refractivity contribution is 5.48. The van der Waals surface area contributed by atoms with Gasteiger partial charge in [-0.3, -0.25) is 0 Å². The van der Waals surface area contributed by atoms with Crippen molar-refractivity contribution in [2.75, 3.05) is 20.8 Å². The van der Waals surface area contributed by atoms with Crippen molar-refractivity contribution < 1.29 is 14.2 Å². The molecule has 1 aliphatic rings. The molecule has 0 amide bonds. The second kappa shape index (κ2) is 11.4. The molecule has 0 aliphatic carbocycles. The first-order chi connectivity index (χ1) is 12.3. The normalized spacial score (nSPS) is 16.5. The maximum atomic E-state index is 6.05. The molecule has 0 spiro atoms. The number of rotatable bonds is 12. The average Bonchev–Trinajstić information content (AvgIpc) is 2.65. The molecule has 3 nitrogen and oxygen atoms in total. The predicted molar refractivity (Wildman–Crippen MR) is 104 cm³/mol. The van der Waals surface area contributed by atoms with Crippen LogP contribution in [0.5, 0.6) is 11.5 Å². The second-order valence-corrected chi connectivity index (χ2v) is 7.13. The third-order valence-electron chi connectivity index (χ3n) is 5.25. The predicted octanol–water partition coefficient (Wildman–Crippen LogP) is 6.24. The summed E-state index contributed by atoms with van der Waals surface area (Å²) in [5.41, 5.74) is 2.65. The van der Waals surface area contributed by atoms with Crippen molar-refractivity contribution in [1.82, 2.24) is 0 Å². The Balaban J connectivity index is 1.75. The van der Waals surface area contributed by atoms with E-state index in [0.717, 1.165) is 30.9 Å². The lowest BCUT2D eigenvalue weighted by Gasteiger charge is -2.27. The number of ether oxygens (including phenoxy) is 3. The molecule has 0 bridgehead atoms. The molecule has 2 rings (SSSR count). The summed E-state index contributed by atoms with van der Waals surface area (Å²) in [4.78, 5) is 0. The van der Waals surface area contributed by atoms with Crippen LogP contribution in [-0.4, -0.2) is 20.8 Å². The van der Waals surface area contributed by atoms with E-state index in [1.54, 1.807) is 14.2 Å². The molecule has 0 radical (unpaired) electrons. The van der Waals surface area contributed by atoms with Gasteiger partial charge in [0.1, 0.15) is 0 Å². The van der Waals surface area contributed by atoms with Crippen molar-refractivity contribution in [2.45, 2.75) is 83.7 Å². The van der Waals surface area contributed by atoms with E-state index < -0.39 is 0 Å². The van der Waals surface area contributed by atoms with Gasteiger partial charge in [0.15, 0.2) is 11.5 Å². The van der Waals surface area contributed by atoms with Crippen molar-refractivity contribution in [3.05, 3.63) is 23.3 Å². The highest BCUT2D eigenvalue weighted by Crippen LogP contribution is 2.38. The third-order valence-corrected chi connectivity index (χ3v) is 5.25. The van der Waals surface area contributed by atoms with E-state index in [0.29, 0.717) is 0 Å². The van der Waals surface area contributed by atoms with E-state index in [2.05, 4.69) is 19.1 Å². The Morgan fingerprint density at radius 1 is 0.880 bits per heavy atom. The number of hydrogen-bond acceptors (Lipinski definition) is 3. The highest BCUT2D eigenvalue weighted by atomic mass is 16.5. The molecule has 0 aromatic heterocycles. The van der Waals surface area contributed by atoms with Crippen LogP contribution in [0, 0.1) is 0 Å². The van der Waals surface area contributed by atoms with Gasteiger partial charge in [-0.2, -0.15) is 0 Å². The monoisotopic (exact) mass is 348 g/mol. The quantitative estimate of drug-likeness (QED) is 0.419. The first-order valence-electron chi connectivity index (χ1n) is 10.2. The lowest BCUT2D eigenvalue weighted by Crippen LogP contribution is -2.16. The van der Waals surface area contributed by atoms with Gasteiger partial charge in [0.2, 0.25) is 0 Å². The summed E-state index contributed by atoms with van der Waals surface area (Å²) in [5.74, 6) is 1.63. The van der Waals surface area contributed by atoms with Gasteiger partial charge in [-0.25, -0.2) is 0 Å².